The Labute approximate surface area is 215 Å². The van der Waals surface area contributed by atoms with Crippen molar-refractivity contribution in [3.05, 3.63) is 140 Å². The molecule has 2 heterocycles. The molecule has 0 spiro atoms. The first-order valence-electron chi connectivity index (χ1n) is 12.3. The van der Waals surface area contributed by atoms with Gasteiger partial charge in [-0.05, 0) is 48.5 Å². The molecule has 37 heavy (non-hydrogen) atoms. The predicted molar refractivity (Wildman–Crippen MR) is 155 cm³/mol. The monoisotopic (exact) mass is 494 g/mol. The molecule has 0 amide bonds. The Kier molecular flexibility index (Phi) is 5.06. The summed E-state index contributed by atoms with van der Waals surface area (Å²) in [4.78, 5) is 4.58. The van der Waals surface area contributed by atoms with Gasteiger partial charge in [-0.25, -0.2) is 0 Å². The number of hydrogen-bond acceptors (Lipinski definition) is 2. The summed E-state index contributed by atoms with van der Waals surface area (Å²) in [5, 5.41) is 5.82. The first-order valence-corrected chi connectivity index (χ1v) is 14.0. The van der Waals surface area contributed by atoms with Gasteiger partial charge in [0.05, 0.1) is 22.2 Å². The second kappa shape index (κ2) is 8.58. The van der Waals surface area contributed by atoms with E-state index in [1.165, 1.54) is 0 Å². The van der Waals surface area contributed by atoms with E-state index in [0.717, 1.165) is 54.3 Å². The van der Waals surface area contributed by atoms with Gasteiger partial charge in [0.1, 0.15) is 0 Å². The Morgan fingerprint density at radius 1 is 0.514 bits per heavy atom. The van der Waals surface area contributed by atoms with Gasteiger partial charge in [-0.2, -0.15) is 0 Å². The van der Waals surface area contributed by atoms with Crippen molar-refractivity contribution in [1.29, 1.82) is 0 Å². The van der Waals surface area contributed by atoms with E-state index in [0.29, 0.717) is 0 Å². The second-order valence-corrected chi connectivity index (χ2v) is 11.9. The number of para-hydroxylation sites is 1. The van der Waals surface area contributed by atoms with Gasteiger partial charge in [0.15, 0.2) is 7.14 Å². The lowest BCUT2D eigenvalue weighted by Gasteiger charge is -2.20. The Hall–Kier alpha value is -4.46. The SMILES string of the molecule is O=P(c1ccccc1)(c1ccccc1)c1ccc2c(c1)c1ccccc1n2-c1cccc2ncccc12. The van der Waals surface area contributed by atoms with Gasteiger partial charge in [-0.15, -0.1) is 0 Å². The van der Waals surface area contributed by atoms with E-state index in [4.69, 9.17) is 0 Å². The van der Waals surface area contributed by atoms with Crippen LogP contribution < -0.4 is 15.9 Å². The largest absolute Gasteiger partial charge is 0.309 e. The summed E-state index contributed by atoms with van der Waals surface area (Å²) in [5.41, 5.74) is 4.23. The summed E-state index contributed by atoms with van der Waals surface area (Å²) in [6.07, 6.45) is 1.83. The zero-order valence-corrected chi connectivity index (χ0v) is 20.9. The molecule has 0 N–H and O–H groups in total. The van der Waals surface area contributed by atoms with Gasteiger partial charge in [0, 0.05) is 38.3 Å². The zero-order valence-electron chi connectivity index (χ0n) is 20.0. The first-order chi connectivity index (χ1) is 18.2. The number of pyridine rings is 1. The number of fused-ring (bicyclic) bond motifs is 4. The lowest BCUT2D eigenvalue weighted by molar-refractivity contribution is 0.592. The molecule has 0 atom stereocenters. The molecule has 3 nitrogen and oxygen atoms in total. The fourth-order valence-corrected chi connectivity index (χ4v) is 8.10. The first kappa shape index (κ1) is 21.8. The quantitative estimate of drug-likeness (QED) is 0.248. The molecule has 176 valence electrons. The molecule has 0 fully saturated rings. The summed E-state index contributed by atoms with van der Waals surface area (Å²) in [5.74, 6) is 0. The highest BCUT2D eigenvalue weighted by molar-refractivity contribution is 7.85. The molecule has 0 radical (unpaired) electrons. The normalized spacial score (nSPS) is 11.9. The standard InChI is InChI=1S/C33H23N2OP/c36-37(24-11-3-1-4-12-24,25-13-5-2-6-14-25)26-20-21-33-29(23-26)27-15-7-8-18-31(27)35(33)32-19-9-17-30-28(32)16-10-22-34-30/h1-23H. The minimum Gasteiger partial charge on any atom is -0.309 e. The van der Waals surface area contributed by atoms with Crippen LogP contribution >= 0.6 is 7.14 Å². The third kappa shape index (κ3) is 3.36. The molecule has 5 aromatic carbocycles. The van der Waals surface area contributed by atoms with E-state index in [9.17, 15) is 0 Å². The summed E-state index contributed by atoms with van der Waals surface area (Å²) >= 11 is 0. The van der Waals surface area contributed by atoms with Gasteiger partial charge >= 0.3 is 0 Å². The van der Waals surface area contributed by atoms with Crippen LogP contribution in [0.5, 0.6) is 0 Å². The van der Waals surface area contributed by atoms with Crippen LogP contribution in [0.2, 0.25) is 0 Å². The van der Waals surface area contributed by atoms with Gasteiger partial charge in [0.2, 0.25) is 0 Å². The highest BCUT2D eigenvalue weighted by Crippen LogP contribution is 2.44. The van der Waals surface area contributed by atoms with Crippen LogP contribution in [-0.4, -0.2) is 9.55 Å². The summed E-state index contributed by atoms with van der Waals surface area (Å²) in [6.45, 7) is 0. The highest BCUT2D eigenvalue weighted by Gasteiger charge is 2.30. The van der Waals surface area contributed by atoms with Crippen molar-refractivity contribution in [2.24, 2.45) is 0 Å². The number of hydrogen-bond donors (Lipinski definition) is 0. The van der Waals surface area contributed by atoms with Crippen LogP contribution in [0.4, 0.5) is 0 Å². The average Bonchev–Trinajstić information content (AvgIpc) is 3.31. The molecule has 0 unspecified atom stereocenters. The van der Waals surface area contributed by atoms with E-state index in [2.05, 4.69) is 64.1 Å². The lowest BCUT2D eigenvalue weighted by Crippen LogP contribution is -2.24. The molecular weight excluding hydrogens is 471 g/mol. The van der Waals surface area contributed by atoms with Gasteiger partial charge in [0.25, 0.3) is 0 Å². The molecule has 4 heteroatoms. The molecule has 7 rings (SSSR count). The fourth-order valence-electron chi connectivity index (χ4n) is 5.42. The molecule has 2 aromatic heterocycles. The molecule has 7 aromatic rings. The van der Waals surface area contributed by atoms with Gasteiger partial charge in [-0.3, -0.25) is 4.98 Å². The van der Waals surface area contributed by atoms with Crippen molar-refractivity contribution in [2.75, 3.05) is 0 Å². The number of aromatic nitrogens is 2. The number of nitrogens with zero attached hydrogens (tertiary/aromatic N) is 2. The van der Waals surface area contributed by atoms with E-state index >= 15 is 4.57 Å². The van der Waals surface area contributed by atoms with Crippen molar-refractivity contribution >= 4 is 55.8 Å². The summed E-state index contributed by atoms with van der Waals surface area (Å²) in [6, 6.07) is 44.8. The number of benzene rings is 5. The maximum Gasteiger partial charge on any atom is 0.171 e. The minimum absolute atomic E-state index is 0.833. The van der Waals surface area contributed by atoms with Crippen molar-refractivity contribution in [2.45, 2.75) is 0 Å². The van der Waals surface area contributed by atoms with E-state index in [-0.39, 0.29) is 0 Å². The van der Waals surface area contributed by atoms with Crippen LogP contribution in [0.3, 0.4) is 0 Å². The third-order valence-corrected chi connectivity index (χ3v) is 10.2. The molecule has 0 saturated carbocycles. The van der Waals surface area contributed by atoms with Crippen molar-refractivity contribution in [3.63, 3.8) is 0 Å². The Bertz CT molecular complexity index is 1910. The zero-order chi connectivity index (χ0) is 24.8. The van der Waals surface area contributed by atoms with Crippen LogP contribution in [0.1, 0.15) is 0 Å². The van der Waals surface area contributed by atoms with Gasteiger partial charge in [-0.1, -0.05) is 84.9 Å². The van der Waals surface area contributed by atoms with Crippen LogP contribution in [0, 0.1) is 0 Å². The summed E-state index contributed by atoms with van der Waals surface area (Å²) < 4.78 is 17.3. The van der Waals surface area contributed by atoms with E-state index in [1.54, 1.807) is 0 Å². The lowest BCUT2D eigenvalue weighted by atomic mass is 10.1. The minimum atomic E-state index is -3.08. The van der Waals surface area contributed by atoms with Crippen molar-refractivity contribution in [1.82, 2.24) is 9.55 Å². The van der Waals surface area contributed by atoms with Crippen LogP contribution in [0.15, 0.2) is 140 Å². The Morgan fingerprint density at radius 3 is 1.92 bits per heavy atom. The van der Waals surface area contributed by atoms with Crippen LogP contribution in [-0.2, 0) is 4.57 Å². The molecular formula is C33H23N2OP. The second-order valence-electron chi connectivity index (χ2n) is 9.18. The Morgan fingerprint density at radius 2 is 1.16 bits per heavy atom. The smallest absolute Gasteiger partial charge is 0.171 e. The maximum atomic E-state index is 15.0. The number of rotatable bonds is 4. The summed E-state index contributed by atoms with van der Waals surface area (Å²) in [7, 11) is -3.08. The molecule has 0 saturated heterocycles. The third-order valence-electron chi connectivity index (χ3n) is 7.12. The molecule has 0 aliphatic rings. The van der Waals surface area contributed by atoms with Crippen LogP contribution in [0.25, 0.3) is 38.4 Å². The highest BCUT2D eigenvalue weighted by atomic mass is 31.2. The average molecular weight is 495 g/mol. The van der Waals surface area contributed by atoms with Gasteiger partial charge < -0.3 is 9.13 Å². The Balaban J connectivity index is 1.55. The predicted octanol–water partition coefficient (Wildman–Crippen LogP) is 6.97. The fraction of sp³-hybridized carbons (Fsp3) is 0. The topological polar surface area (TPSA) is 34.9 Å². The van der Waals surface area contributed by atoms with E-state index < -0.39 is 7.14 Å². The molecule has 0 bridgehead atoms. The molecule has 0 aliphatic heterocycles. The maximum absolute atomic E-state index is 15.0. The molecule has 0 aliphatic carbocycles. The van der Waals surface area contributed by atoms with Crippen molar-refractivity contribution in [3.8, 4) is 5.69 Å². The van der Waals surface area contributed by atoms with Crippen molar-refractivity contribution < 1.29 is 4.57 Å². The van der Waals surface area contributed by atoms with E-state index in [1.807, 2.05) is 85.1 Å².